The fourth-order valence-electron chi connectivity index (χ4n) is 0.592. The van der Waals surface area contributed by atoms with Crippen LogP contribution >= 0.6 is 23.2 Å². The van der Waals surface area contributed by atoms with E-state index in [0.717, 1.165) is 0 Å². The third-order valence-electron chi connectivity index (χ3n) is 1.01. The lowest BCUT2D eigenvalue weighted by Crippen LogP contribution is -2.12. The Morgan fingerprint density at radius 3 is 2.55 bits per heavy atom. The maximum Gasteiger partial charge on any atom is 0.267 e. The van der Waals surface area contributed by atoms with Crippen molar-refractivity contribution in [2.24, 2.45) is 5.73 Å². The molecule has 1 aromatic heterocycles. The van der Waals surface area contributed by atoms with Gasteiger partial charge < -0.3 is 5.73 Å². The first-order chi connectivity index (χ1) is 5.09. The van der Waals surface area contributed by atoms with Gasteiger partial charge in [0, 0.05) is 5.02 Å². The van der Waals surface area contributed by atoms with E-state index in [-0.39, 0.29) is 10.8 Å². The van der Waals surface area contributed by atoms with Crippen molar-refractivity contribution in [2.45, 2.75) is 0 Å². The minimum absolute atomic E-state index is 0.0718. The SMILES string of the molecule is NC(=O)c1cc(Cl)cc(Cl)n1. The molecule has 0 saturated heterocycles. The first kappa shape index (κ1) is 8.30. The molecular formula is C6H4Cl2N2O. The molecular weight excluding hydrogens is 187 g/mol. The summed E-state index contributed by atoms with van der Waals surface area (Å²) in [5.41, 5.74) is 5.00. The molecule has 0 aliphatic rings. The van der Waals surface area contributed by atoms with Gasteiger partial charge >= 0.3 is 0 Å². The summed E-state index contributed by atoms with van der Waals surface area (Å²) in [4.78, 5) is 14.2. The van der Waals surface area contributed by atoms with Crippen molar-refractivity contribution in [3.05, 3.63) is 28.0 Å². The van der Waals surface area contributed by atoms with E-state index in [1.165, 1.54) is 12.1 Å². The van der Waals surface area contributed by atoms with Crippen LogP contribution in [0.15, 0.2) is 12.1 Å². The molecule has 3 nitrogen and oxygen atoms in total. The molecule has 0 atom stereocenters. The molecule has 58 valence electrons. The van der Waals surface area contributed by atoms with Crippen LogP contribution in [0.4, 0.5) is 0 Å². The highest BCUT2D eigenvalue weighted by atomic mass is 35.5. The second-order valence-electron chi connectivity index (χ2n) is 1.86. The summed E-state index contributed by atoms with van der Waals surface area (Å²) in [7, 11) is 0. The summed E-state index contributed by atoms with van der Waals surface area (Å²) in [6.07, 6.45) is 0. The molecule has 0 saturated carbocycles. The Morgan fingerprint density at radius 1 is 1.45 bits per heavy atom. The van der Waals surface area contributed by atoms with E-state index in [1.807, 2.05) is 0 Å². The van der Waals surface area contributed by atoms with Crippen molar-refractivity contribution in [3.8, 4) is 0 Å². The molecule has 1 aromatic rings. The fraction of sp³-hybridized carbons (Fsp3) is 0. The van der Waals surface area contributed by atoms with Crippen molar-refractivity contribution in [3.63, 3.8) is 0 Å². The Labute approximate surface area is 73.1 Å². The van der Waals surface area contributed by atoms with Gasteiger partial charge in [-0.3, -0.25) is 4.79 Å². The molecule has 0 fully saturated rings. The number of carbonyl (C=O) groups is 1. The highest BCUT2D eigenvalue weighted by Gasteiger charge is 2.03. The van der Waals surface area contributed by atoms with Crippen molar-refractivity contribution >= 4 is 29.1 Å². The second kappa shape index (κ2) is 3.07. The highest BCUT2D eigenvalue weighted by molar-refractivity contribution is 6.34. The van der Waals surface area contributed by atoms with E-state index in [0.29, 0.717) is 5.02 Å². The lowest BCUT2D eigenvalue weighted by molar-refractivity contribution is 0.0995. The predicted molar refractivity (Wildman–Crippen MR) is 42.8 cm³/mol. The summed E-state index contributed by atoms with van der Waals surface area (Å²) in [6.45, 7) is 0. The number of pyridine rings is 1. The van der Waals surface area contributed by atoms with Gasteiger partial charge in [0.15, 0.2) is 0 Å². The highest BCUT2D eigenvalue weighted by Crippen LogP contribution is 2.14. The molecule has 0 aromatic carbocycles. The van der Waals surface area contributed by atoms with Crippen molar-refractivity contribution in [2.75, 3.05) is 0 Å². The largest absolute Gasteiger partial charge is 0.364 e. The Hall–Kier alpha value is -0.800. The van der Waals surface area contributed by atoms with Gasteiger partial charge in [-0.25, -0.2) is 4.98 Å². The number of nitrogens with two attached hydrogens (primary N) is 1. The summed E-state index contributed by atoms with van der Waals surface area (Å²) < 4.78 is 0. The van der Waals surface area contributed by atoms with E-state index < -0.39 is 5.91 Å². The van der Waals surface area contributed by atoms with Crippen LogP contribution in [0, 0.1) is 0 Å². The maximum atomic E-state index is 10.5. The Bertz CT molecular complexity index is 280. The van der Waals surface area contributed by atoms with E-state index in [9.17, 15) is 4.79 Å². The van der Waals surface area contributed by atoms with Crippen LogP contribution in [0.5, 0.6) is 0 Å². The van der Waals surface area contributed by atoms with Crippen LogP contribution in [0.25, 0.3) is 0 Å². The summed E-state index contributed by atoms with van der Waals surface area (Å²) in [6, 6.07) is 2.78. The minimum atomic E-state index is -0.644. The number of hydrogen-bond donors (Lipinski definition) is 1. The van der Waals surface area contributed by atoms with Gasteiger partial charge in [0.25, 0.3) is 5.91 Å². The van der Waals surface area contributed by atoms with Gasteiger partial charge in [0.1, 0.15) is 10.8 Å². The quantitative estimate of drug-likeness (QED) is 0.683. The first-order valence-electron chi connectivity index (χ1n) is 2.72. The molecule has 0 bridgehead atoms. The zero-order valence-corrected chi connectivity index (χ0v) is 6.86. The molecule has 0 aliphatic carbocycles. The monoisotopic (exact) mass is 190 g/mol. The van der Waals surface area contributed by atoms with Gasteiger partial charge in [-0.2, -0.15) is 0 Å². The number of amides is 1. The molecule has 1 amide bonds. The number of aromatic nitrogens is 1. The first-order valence-corrected chi connectivity index (χ1v) is 3.48. The number of primary amides is 1. The average Bonchev–Trinajstić information content (AvgIpc) is 1.85. The summed E-state index contributed by atoms with van der Waals surface area (Å²) in [5.74, 6) is -0.644. The minimum Gasteiger partial charge on any atom is -0.364 e. The normalized spacial score (nSPS) is 9.64. The number of halogens is 2. The third-order valence-corrected chi connectivity index (χ3v) is 1.42. The second-order valence-corrected chi connectivity index (χ2v) is 2.68. The van der Waals surface area contributed by atoms with E-state index >= 15 is 0 Å². The molecule has 0 aliphatic heterocycles. The lowest BCUT2D eigenvalue weighted by Gasteiger charge is -1.95. The molecule has 2 N–H and O–H groups in total. The van der Waals surface area contributed by atoms with Crippen LogP contribution in [-0.2, 0) is 0 Å². The zero-order chi connectivity index (χ0) is 8.43. The van der Waals surface area contributed by atoms with Crippen LogP contribution < -0.4 is 5.73 Å². The zero-order valence-electron chi connectivity index (χ0n) is 5.34. The van der Waals surface area contributed by atoms with Crippen LogP contribution in [0.3, 0.4) is 0 Å². The Balaban J connectivity index is 3.19. The fourth-order valence-corrected chi connectivity index (χ4v) is 1.06. The maximum absolute atomic E-state index is 10.5. The van der Waals surface area contributed by atoms with E-state index in [2.05, 4.69) is 4.98 Å². The van der Waals surface area contributed by atoms with Gasteiger partial charge in [-0.15, -0.1) is 0 Å². The number of hydrogen-bond acceptors (Lipinski definition) is 2. The van der Waals surface area contributed by atoms with Crippen LogP contribution in [0.2, 0.25) is 10.2 Å². The topological polar surface area (TPSA) is 56.0 Å². The van der Waals surface area contributed by atoms with Gasteiger partial charge in [0.2, 0.25) is 0 Å². The third kappa shape index (κ3) is 2.06. The average molecular weight is 191 g/mol. The Morgan fingerprint density at radius 2 is 2.09 bits per heavy atom. The van der Waals surface area contributed by atoms with Gasteiger partial charge in [-0.05, 0) is 12.1 Å². The van der Waals surface area contributed by atoms with E-state index in [1.54, 1.807) is 0 Å². The standard InChI is InChI=1S/C6H4Cl2N2O/c7-3-1-4(6(9)11)10-5(8)2-3/h1-2H,(H2,9,11). The Kier molecular flexibility index (Phi) is 2.31. The molecule has 1 rings (SSSR count). The molecule has 0 radical (unpaired) electrons. The van der Waals surface area contributed by atoms with Crippen molar-refractivity contribution in [1.82, 2.24) is 4.98 Å². The summed E-state index contributed by atoms with van der Waals surface area (Å²) in [5, 5.41) is 0.505. The van der Waals surface area contributed by atoms with Crippen molar-refractivity contribution in [1.29, 1.82) is 0 Å². The molecule has 5 heteroatoms. The van der Waals surface area contributed by atoms with Crippen molar-refractivity contribution < 1.29 is 4.79 Å². The van der Waals surface area contributed by atoms with E-state index in [4.69, 9.17) is 28.9 Å². The molecule has 0 unspecified atom stereocenters. The lowest BCUT2D eigenvalue weighted by atomic mass is 10.3. The molecule has 1 heterocycles. The van der Waals surface area contributed by atoms with Crippen LogP contribution in [0.1, 0.15) is 10.5 Å². The summed E-state index contributed by atoms with van der Waals surface area (Å²) >= 11 is 11.1. The predicted octanol–water partition coefficient (Wildman–Crippen LogP) is 1.49. The molecule has 11 heavy (non-hydrogen) atoms. The number of nitrogens with zero attached hydrogens (tertiary/aromatic N) is 1. The number of rotatable bonds is 1. The molecule has 0 spiro atoms. The van der Waals surface area contributed by atoms with Gasteiger partial charge in [0.05, 0.1) is 0 Å². The number of carbonyl (C=O) groups excluding carboxylic acids is 1. The van der Waals surface area contributed by atoms with Crippen LogP contribution in [-0.4, -0.2) is 10.9 Å². The smallest absolute Gasteiger partial charge is 0.267 e. The van der Waals surface area contributed by atoms with Gasteiger partial charge in [-0.1, -0.05) is 23.2 Å².